The summed E-state index contributed by atoms with van der Waals surface area (Å²) in [5, 5.41) is 0. The van der Waals surface area contributed by atoms with Gasteiger partial charge in [0.25, 0.3) is 10.0 Å². The lowest BCUT2D eigenvalue weighted by Crippen LogP contribution is -2.41. The largest absolute Gasteiger partial charge is 0.498 e. The normalized spacial score (nSPS) is 19.0. The predicted octanol–water partition coefficient (Wildman–Crippen LogP) is 1.58. The fourth-order valence-electron chi connectivity index (χ4n) is 2.27. The van der Waals surface area contributed by atoms with Gasteiger partial charge in [-0.25, -0.2) is 23.1 Å². The summed E-state index contributed by atoms with van der Waals surface area (Å²) in [6.07, 6.45) is 3.00. The van der Waals surface area contributed by atoms with Gasteiger partial charge in [-0.2, -0.15) is 0 Å². The Labute approximate surface area is 148 Å². The fourth-order valence-corrected chi connectivity index (χ4v) is 3.25. The van der Waals surface area contributed by atoms with Crippen molar-refractivity contribution in [3.05, 3.63) is 42.7 Å². The van der Waals surface area contributed by atoms with E-state index in [-0.39, 0.29) is 10.8 Å². The Morgan fingerprint density at radius 1 is 0.960 bits per heavy atom. The Morgan fingerprint density at radius 3 is 2.00 bits per heavy atom. The summed E-state index contributed by atoms with van der Waals surface area (Å²) in [6, 6.07) is 8.05. The summed E-state index contributed by atoms with van der Waals surface area (Å²) in [6.45, 7) is 7.82. The highest BCUT2D eigenvalue weighted by Crippen LogP contribution is 2.36. The number of sulfonamides is 1. The van der Waals surface area contributed by atoms with Gasteiger partial charge in [0.05, 0.1) is 16.1 Å². The SMILES string of the molecule is CC1(C)OB(c2cnc(NS(=O)(=O)c3ccccc3)nc2)OC1(C)C. The molecule has 1 aliphatic heterocycles. The third-order valence-corrected chi connectivity index (χ3v) is 5.82. The molecule has 0 radical (unpaired) electrons. The topological polar surface area (TPSA) is 90.4 Å². The van der Waals surface area contributed by atoms with Crippen LogP contribution in [0.1, 0.15) is 27.7 Å². The van der Waals surface area contributed by atoms with Gasteiger partial charge in [-0.1, -0.05) is 18.2 Å². The fraction of sp³-hybridized carbons (Fsp3) is 0.375. The maximum Gasteiger partial charge on any atom is 0.498 e. The van der Waals surface area contributed by atoms with Crippen molar-refractivity contribution in [1.82, 2.24) is 9.97 Å². The monoisotopic (exact) mass is 361 g/mol. The van der Waals surface area contributed by atoms with Crippen LogP contribution < -0.4 is 10.2 Å². The van der Waals surface area contributed by atoms with E-state index in [4.69, 9.17) is 9.31 Å². The van der Waals surface area contributed by atoms with Crippen LogP contribution in [-0.4, -0.2) is 36.7 Å². The zero-order valence-electron chi connectivity index (χ0n) is 14.6. The van der Waals surface area contributed by atoms with E-state index in [0.29, 0.717) is 5.46 Å². The highest BCUT2D eigenvalue weighted by molar-refractivity contribution is 7.92. The molecule has 132 valence electrons. The number of rotatable bonds is 4. The van der Waals surface area contributed by atoms with Crippen LogP contribution in [-0.2, 0) is 19.3 Å². The molecule has 1 aliphatic rings. The number of nitrogens with zero attached hydrogens (tertiary/aromatic N) is 2. The molecule has 0 unspecified atom stereocenters. The minimum absolute atomic E-state index is 0.0101. The van der Waals surface area contributed by atoms with Crippen molar-refractivity contribution in [3.8, 4) is 0 Å². The first kappa shape index (κ1) is 17.8. The zero-order chi connectivity index (χ0) is 18.3. The average molecular weight is 361 g/mol. The van der Waals surface area contributed by atoms with Gasteiger partial charge >= 0.3 is 7.12 Å². The Morgan fingerprint density at radius 2 is 1.48 bits per heavy atom. The molecular weight excluding hydrogens is 341 g/mol. The van der Waals surface area contributed by atoms with Crippen molar-refractivity contribution in [2.24, 2.45) is 0 Å². The van der Waals surface area contributed by atoms with Crippen molar-refractivity contribution in [2.75, 3.05) is 4.72 Å². The number of anilines is 1. The molecule has 1 N–H and O–H groups in total. The van der Waals surface area contributed by atoms with Gasteiger partial charge in [-0.3, -0.25) is 0 Å². The van der Waals surface area contributed by atoms with Crippen LogP contribution in [0.5, 0.6) is 0 Å². The van der Waals surface area contributed by atoms with Crippen LogP contribution in [0.15, 0.2) is 47.6 Å². The second kappa shape index (κ2) is 6.08. The van der Waals surface area contributed by atoms with Crippen LogP contribution in [0, 0.1) is 0 Å². The molecule has 0 bridgehead atoms. The van der Waals surface area contributed by atoms with Gasteiger partial charge in [0.2, 0.25) is 5.95 Å². The highest BCUT2D eigenvalue weighted by atomic mass is 32.2. The summed E-state index contributed by atoms with van der Waals surface area (Å²) in [7, 11) is -4.31. The predicted molar refractivity (Wildman–Crippen MR) is 95.0 cm³/mol. The summed E-state index contributed by atoms with van der Waals surface area (Å²) in [4.78, 5) is 8.28. The second-order valence-corrected chi connectivity index (χ2v) is 8.53. The molecule has 1 aromatic carbocycles. The molecule has 0 saturated carbocycles. The molecular formula is C16H20BN3O4S. The third kappa shape index (κ3) is 3.53. The maximum atomic E-state index is 12.3. The standard InChI is InChI=1S/C16H20BN3O4S/c1-15(2)16(3,4)24-17(23-15)12-10-18-14(19-11-12)20-25(21,22)13-8-6-5-7-9-13/h5-11H,1-4H3,(H,18,19,20). The van der Waals surface area contributed by atoms with E-state index in [1.54, 1.807) is 18.2 Å². The van der Waals surface area contributed by atoms with Crippen LogP contribution in [0.2, 0.25) is 0 Å². The van der Waals surface area contributed by atoms with E-state index in [9.17, 15) is 8.42 Å². The number of hydrogen-bond donors (Lipinski definition) is 1. The molecule has 0 atom stereocenters. The highest BCUT2D eigenvalue weighted by Gasteiger charge is 2.51. The minimum Gasteiger partial charge on any atom is -0.399 e. The van der Waals surface area contributed by atoms with Crippen molar-refractivity contribution in [2.45, 2.75) is 43.8 Å². The van der Waals surface area contributed by atoms with E-state index in [1.807, 2.05) is 27.7 Å². The first-order chi connectivity index (χ1) is 11.6. The van der Waals surface area contributed by atoms with E-state index in [0.717, 1.165) is 0 Å². The molecule has 9 heteroatoms. The molecule has 7 nitrogen and oxygen atoms in total. The summed E-state index contributed by atoms with van der Waals surface area (Å²) in [5.74, 6) is -0.0101. The molecule has 1 aromatic heterocycles. The first-order valence-corrected chi connectivity index (χ1v) is 9.34. The van der Waals surface area contributed by atoms with Gasteiger partial charge in [0.1, 0.15) is 0 Å². The number of aromatic nitrogens is 2. The summed E-state index contributed by atoms with van der Waals surface area (Å²) in [5.41, 5.74) is -0.308. The summed E-state index contributed by atoms with van der Waals surface area (Å²) >= 11 is 0. The van der Waals surface area contributed by atoms with Crippen LogP contribution in [0.3, 0.4) is 0 Å². The lowest BCUT2D eigenvalue weighted by atomic mass is 9.81. The molecule has 2 aromatic rings. The first-order valence-electron chi connectivity index (χ1n) is 7.86. The van der Waals surface area contributed by atoms with Crippen molar-refractivity contribution < 1.29 is 17.7 Å². The molecule has 0 amide bonds. The average Bonchev–Trinajstić information content (AvgIpc) is 2.77. The lowest BCUT2D eigenvalue weighted by Gasteiger charge is -2.32. The van der Waals surface area contributed by atoms with Gasteiger partial charge in [0, 0.05) is 17.9 Å². The molecule has 0 aliphatic carbocycles. The quantitative estimate of drug-likeness (QED) is 0.832. The Balaban J connectivity index is 1.76. The number of benzene rings is 1. The third-order valence-electron chi connectivity index (χ3n) is 4.48. The molecule has 1 saturated heterocycles. The molecule has 3 rings (SSSR count). The Kier molecular flexibility index (Phi) is 4.34. The van der Waals surface area contributed by atoms with E-state index in [1.165, 1.54) is 24.5 Å². The van der Waals surface area contributed by atoms with E-state index >= 15 is 0 Å². The smallest absolute Gasteiger partial charge is 0.399 e. The minimum atomic E-state index is -3.72. The Bertz CT molecular complexity index is 839. The van der Waals surface area contributed by atoms with Gasteiger partial charge < -0.3 is 9.31 Å². The molecule has 2 heterocycles. The van der Waals surface area contributed by atoms with E-state index in [2.05, 4.69) is 14.7 Å². The zero-order valence-corrected chi connectivity index (χ0v) is 15.4. The lowest BCUT2D eigenvalue weighted by molar-refractivity contribution is 0.00578. The number of nitrogens with one attached hydrogen (secondary N) is 1. The number of hydrogen-bond acceptors (Lipinski definition) is 6. The van der Waals surface area contributed by atoms with Crippen molar-refractivity contribution in [3.63, 3.8) is 0 Å². The second-order valence-electron chi connectivity index (χ2n) is 6.85. The maximum absolute atomic E-state index is 12.3. The van der Waals surface area contributed by atoms with Gasteiger partial charge in [-0.05, 0) is 39.8 Å². The molecule has 0 spiro atoms. The van der Waals surface area contributed by atoms with Crippen LogP contribution in [0.25, 0.3) is 0 Å². The summed E-state index contributed by atoms with van der Waals surface area (Å²) < 4.78 is 38.7. The molecule has 25 heavy (non-hydrogen) atoms. The van der Waals surface area contributed by atoms with Crippen molar-refractivity contribution >= 4 is 28.6 Å². The van der Waals surface area contributed by atoms with Gasteiger partial charge in [0.15, 0.2) is 0 Å². The van der Waals surface area contributed by atoms with Crippen molar-refractivity contribution in [1.29, 1.82) is 0 Å². The van der Waals surface area contributed by atoms with E-state index < -0.39 is 28.3 Å². The van der Waals surface area contributed by atoms with Crippen LogP contribution >= 0.6 is 0 Å². The van der Waals surface area contributed by atoms with Crippen LogP contribution in [0.4, 0.5) is 5.95 Å². The Hall–Kier alpha value is -1.97. The van der Waals surface area contributed by atoms with Gasteiger partial charge in [-0.15, -0.1) is 0 Å². The molecule has 1 fully saturated rings.